The SMILES string of the molecule is N[C@H](CCC(F)(F)F)c1ccc(F)c(F)c1. The summed E-state index contributed by atoms with van der Waals surface area (Å²) in [5.74, 6) is -2.16. The fourth-order valence-electron chi connectivity index (χ4n) is 1.23. The molecular formula is C10H10F5N. The molecule has 0 heterocycles. The minimum absolute atomic E-state index is 0.156. The van der Waals surface area contributed by atoms with Crippen molar-refractivity contribution >= 4 is 0 Å². The molecule has 0 fully saturated rings. The van der Waals surface area contributed by atoms with E-state index < -0.39 is 30.3 Å². The van der Waals surface area contributed by atoms with Crippen LogP contribution in [0.2, 0.25) is 0 Å². The van der Waals surface area contributed by atoms with Crippen molar-refractivity contribution in [3.63, 3.8) is 0 Å². The van der Waals surface area contributed by atoms with E-state index in [4.69, 9.17) is 5.73 Å². The maximum absolute atomic E-state index is 12.8. The molecular weight excluding hydrogens is 229 g/mol. The minimum atomic E-state index is -4.30. The van der Waals surface area contributed by atoms with Crippen LogP contribution in [0.15, 0.2) is 18.2 Å². The van der Waals surface area contributed by atoms with Crippen LogP contribution in [-0.4, -0.2) is 6.18 Å². The summed E-state index contributed by atoms with van der Waals surface area (Å²) in [5, 5.41) is 0. The second kappa shape index (κ2) is 4.78. The van der Waals surface area contributed by atoms with Crippen LogP contribution >= 0.6 is 0 Å². The van der Waals surface area contributed by atoms with E-state index >= 15 is 0 Å². The highest BCUT2D eigenvalue weighted by molar-refractivity contribution is 5.20. The van der Waals surface area contributed by atoms with E-state index in [-0.39, 0.29) is 12.0 Å². The lowest BCUT2D eigenvalue weighted by Gasteiger charge is -2.13. The molecule has 0 aliphatic carbocycles. The van der Waals surface area contributed by atoms with Crippen molar-refractivity contribution in [1.29, 1.82) is 0 Å². The van der Waals surface area contributed by atoms with E-state index in [1.165, 1.54) is 6.07 Å². The van der Waals surface area contributed by atoms with Crippen molar-refractivity contribution in [3.8, 4) is 0 Å². The number of nitrogens with two attached hydrogens (primary N) is 1. The van der Waals surface area contributed by atoms with Gasteiger partial charge < -0.3 is 5.73 Å². The van der Waals surface area contributed by atoms with Gasteiger partial charge in [-0.1, -0.05) is 6.07 Å². The lowest BCUT2D eigenvalue weighted by molar-refractivity contribution is -0.136. The highest BCUT2D eigenvalue weighted by Crippen LogP contribution is 2.26. The quantitative estimate of drug-likeness (QED) is 0.804. The van der Waals surface area contributed by atoms with Crippen LogP contribution in [0.4, 0.5) is 22.0 Å². The van der Waals surface area contributed by atoms with Crippen molar-refractivity contribution in [3.05, 3.63) is 35.4 Å². The lowest BCUT2D eigenvalue weighted by atomic mass is 10.0. The predicted octanol–water partition coefficient (Wildman–Crippen LogP) is 3.31. The summed E-state index contributed by atoms with van der Waals surface area (Å²) in [6.07, 6.45) is -5.70. The Hall–Kier alpha value is -1.17. The van der Waals surface area contributed by atoms with Crippen LogP contribution in [0.5, 0.6) is 0 Å². The second-order valence-electron chi connectivity index (χ2n) is 3.43. The lowest BCUT2D eigenvalue weighted by Crippen LogP contribution is -2.16. The van der Waals surface area contributed by atoms with Gasteiger partial charge in [-0.2, -0.15) is 13.2 Å². The number of rotatable bonds is 3. The van der Waals surface area contributed by atoms with E-state index in [2.05, 4.69) is 0 Å². The summed E-state index contributed by atoms with van der Waals surface area (Å²) in [6, 6.07) is 1.89. The molecule has 1 nitrogen and oxygen atoms in total. The first-order valence-electron chi connectivity index (χ1n) is 4.57. The summed E-state index contributed by atoms with van der Waals surface area (Å²) in [5.41, 5.74) is 5.59. The average molecular weight is 239 g/mol. The molecule has 0 aromatic heterocycles. The van der Waals surface area contributed by atoms with Gasteiger partial charge in [-0.15, -0.1) is 0 Å². The predicted molar refractivity (Wildman–Crippen MR) is 48.6 cm³/mol. The second-order valence-corrected chi connectivity index (χ2v) is 3.43. The van der Waals surface area contributed by atoms with Gasteiger partial charge in [0, 0.05) is 12.5 Å². The Morgan fingerprint density at radius 3 is 2.25 bits per heavy atom. The Balaban J connectivity index is 2.66. The van der Waals surface area contributed by atoms with Gasteiger partial charge in [0.15, 0.2) is 11.6 Å². The van der Waals surface area contributed by atoms with Gasteiger partial charge in [0.2, 0.25) is 0 Å². The zero-order chi connectivity index (χ0) is 12.3. The molecule has 90 valence electrons. The Labute approximate surface area is 89.1 Å². The average Bonchev–Trinajstić information content (AvgIpc) is 2.17. The minimum Gasteiger partial charge on any atom is -0.324 e. The third-order valence-corrected chi connectivity index (χ3v) is 2.11. The van der Waals surface area contributed by atoms with Crippen molar-refractivity contribution < 1.29 is 22.0 Å². The van der Waals surface area contributed by atoms with Crippen molar-refractivity contribution in [2.45, 2.75) is 25.1 Å². The third kappa shape index (κ3) is 3.77. The van der Waals surface area contributed by atoms with Gasteiger partial charge in [-0.05, 0) is 24.1 Å². The molecule has 16 heavy (non-hydrogen) atoms. The maximum Gasteiger partial charge on any atom is 0.389 e. The smallest absolute Gasteiger partial charge is 0.324 e. The van der Waals surface area contributed by atoms with Crippen molar-refractivity contribution in [1.82, 2.24) is 0 Å². The molecule has 0 saturated heterocycles. The van der Waals surface area contributed by atoms with Crippen molar-refractivity contribution in [2.24, 2.45) is 5.73 Å². The zero-order valence-corrected chi connectivity index (χ0v) is 8.19. The molecule has 0 spiro atoms. The first kappa shape index (κ1) is 12.9. The highest BCUT2D eigenvalue weighted by atomic mass is 19.4. The number of benzene rings is 1. The molecule has 2 N–H and O–H groups in total. The van der Waals surface area contributed by atoms with Crippen LogP contribution in [0.1, 0.15) is 24.4 Å². The molecule has 1 aromatic carbocycles. The monoisotopic (exact) mass is 239 g/mol. The van der Waals surface area contributed by atoms with Crippen LogP contribution in [0.3, 0.4) is 0 Å². The van der Waals surface area contributed by atoms with E-state index in [1.807, 2.05) is 0 Å². The van der Waals surface area contributed by atoms with E-state index in [1.54, 1.807) is 0 Å². The van der Waals surface area contributed by atoms with Crippen LogP contribution in [0, 0.1) is 11.6 Å². The molecule has 0 saturated carbocycles. The topological polar surface area (TPSA) is 26.0 Å². The Kier molecular flexibility index (Phi) is 3.85. The van der Waals surface area contributed by atoms with Gasteiger partial charge in [0.05, 0.1) is 0 Å². The maximum atomic E-state index is 12.8. The van der Waals surface area contributed by atoms with E-state index in [0.717, 1.165) is 12.1 Å². The van der Waals surface area contributed by atoms with Crippen LogP contribution in [0.25, 0.3) is 0 Å². The fourth-order valence-corrected chi connectivity index (χ4v) is 1.23. The number of hydrogen-bond donors (Lipinski definition) is 1. The number of alkyl halides is 3. The first-order valence-corrected chi connectivity index (χ1v) is 4.57. The molecule has 0 bridgehead atoms. The first-order chi connectivity index (χ1) is 7.29. The normalized spacial score (nSPS) is 13.9. The van der Waals surface area contributed by atoms with Gasteiger partial charge >= 0.3 is 6.18 Å². The molecule has 0 amide bonds. The highest BCUT2D eigenvalue weighted by Gasteiger charge is 2.27. The summed E-state index contributed by atoms with van der Waals surface area (Å²) in [4.78, 5) is 0. The summed E-state index contributed by atoms with van der Waals surface area (Å²) >= 11 is 0. The Morgan fingerprint density at radius 1 is 1.12 bits per heavy atom. The van der Waals surface area contributed by atoms with Gasteiger partial charge in [-0.25, -0.2) is 8.78 Å². The summed E-state index contributed by atoms with van der Waals surface area (Å²) in [6.45, 7) is 0. The molecule has 1 aromatic rings. The van der Waals surface area contributed by atoms with Crippen LogP contribution < -0.4 is 5.73 Å². The molecule has 0 radical (unpaired) electrons. The van der Waals surface area contributed by atoms with Crippen LogP contribution in [-0.2, 0) is 0 Å². The molecule has 0 unspecified atom stereocenters. The largest absolute Gasteiger partial charge is 0.389 e. The van der Waals surface area contributed by atoms with Gasteiger partial charge in [0.1, 0.15) is 0 Å². The van der Waals surface area contributed by atoms with Gasteiger partial charge in [-0.3, -0.25) is 0 Å². The summed E-state index contributed by atoms with van der Waals surface area (Å²) < 4.78 is 61.0. The Bertz CT molecular complexity index is 361. The molecule has 1 atom stereocenters. The molecule has 6 heteroatoms. The molecule has 1 rings (SSSR count). The van der Waals surface area contributed by atoms with E-state index in [9.17, 15) is 22.0 Å². The third-order valence-electron chi connectivity index (χ3n) is 2.11. The molecule has 0 aliphatic rings. The zero-order valence-electron chi connectivity index (χ0n) is 8.19. The number of hydrogen-bond acceptors (Lipinski definition) is 1. The van der Waals surface area contributed by atoms with Gasteiger partial charge in [0.25, 0.3) is 0 Å². The fraction of sp³-hybridized carbons (Fsp3) is 0.400. The Morgan fingerprint density at radius 2 is 1.75 bits per heavy atom. The standard InChI is InChI=1S/C10H10F5N/c11-7-2-1-6(5-8(7)12)9(16)3-4-10(13,14)15/h1-2,5,9H,3-4,16H2/t9-/m1/s1. The van der Waals surface area contributed by atoms with E-state index in [0.29, 0.717) is 0 Å². The van der Waals surface area contributed by atoms with Crippen molar-refractivity contribution in [2.75, 3.05) is 0 Å². The number of halogens is 5. The molecule has 0 aliphatic heterocycles. The summed E-state index contributed by atoms with van der Waals surface area (Å²) in [7, 11) is 0.